The summed E-state index contributed by atoms with van der Waals surface area (Å²) < 4.78 is 21.5. The van der Waals surface area contributed by atoms with Gasteiger partial charge in [-0.25, -0.2) is 4.79 Å². The summed E-state index contributed by atoms with van der Waals surface area (Å²) in [6.45, 7) is 2.51. The number of hydrogen-bond acceptors (Lipinski definition) is 5. The van der Waals surface area contributed by atoms with Crippen molar-refractivity contribution in [2.24, 2.45) is 0 Å². The van der Waals surface area contributed by atoms with Crippen molar-refractivity contribution in [2.75, 3.05) is 20.8 Å². The van der Waals surface area contributed by atoms with Crippen LogP contribution in [0.2, 0.25) is 0 Å². The van der Waals surface area contributed by atoms with Gasteiger partial charge in [0.05, 0.1) is 26.4 Å². The van der Waals surface area contributed by atoms with Crippen LogP contribution in [0, 0.1) is 0 Å². The molecular formula is C20H22O5. The Morgan fingerprint density at radius 3 is 2.24 bits per heavy atom. The number of benzene rings is 2. The first kappa shape index (κ1) is 18.4. The van der Waals surface area contributed by atoms with Crippen LogP contribution in [0.25, 0.3) is 6.08 Å². The highest BCUT2D eigenvalue weighted by Crippen LogP contribution is 2.35. The maximum atomic E-state index is 11.5. The SMILES string of the molecule is CCOC(=O)C=Cc1c(OC)cc(OCc2ccccc2)cc1OC. The Bertz CT molecular complexity index is 697. The molecule has 2 rings (SSSR count). The summed E-state index contributed by atoms with van der Waals surface area (Å²) in [5.41, 5.74) is 1.71. The second kappa shape index (κ2) is 9.37. The molecule has 132 valence electrons. The molecule has 0 aliphatic rings. The van der Waals surface area contributed by atoms with Crippen molar-refractivity contribution < 1.29 is 23.7 Å². The number of rotatable bonds is 8. The van der Waals surface area contributed by atoms with Gasteiger partial charge in [0, 0.05) is 18.2 Å². The van der Waals surface area contributed by atoms with Gasteiger partial charge >= 0.3 is 5.97 Å². The van der Waals surface area contributed by atoms with Crippen molar-refractivity contribution in [3.63, 3.8) is 0 Å². The molecule has 0 N–H and O–H groups in total. The summed E-state index contributed by atoms with van der Waals surface area (Å²) in [6, 6.07) is 13.4. The largest absolute Gasteiger partial charge is 0.496 e. The molecule has 0 heterocycles. The van der Waals surface area contributed by atoms with Crippen molar-refractivity contribution >= 4 is 12.0 Å². The summed E-state index contributed by atoms with van der Waals surface area (Å²) >= 11 is 0. The molecule has 0 radical (unpaired) electrons. The third kappa shape index (κ3) is 5.28. The fourth-order valence-corrected chi connectivity index (χ4v) is 2.25. The Morgan fingerprint density at radius 2 is 1.68 bits per heavy atom. The highest BCUT2D eigenvalue weighted by molar-refractivity contribution is 5.88. The zero-order valence-electron chi connectivity index (χ0n) is 14.7. The Balaban J connectivity index is 2.22. The van der Waals surface area contributed by atoms with Gasteiger partial charge in [-0.1, -0.05) is 30.3 Å². The number of methoxy groups -OCH3 is 2. The van der Waals surface area contributed by atoms with Gasteiger partial charge in [-0.15, -0.1) is 0 Å². The minimum atomic E-state index is -0.420. The number of hydrogen-bond donors (Lipinski definition) is 0. The van der Waals surface area contributed by atoms with Crippen LogP contribution in [0.15, 0.2) is 48.5 Å². The van der Waals surface area contributed by atoms with E-state index in [-0.39, 0.29) is 0 Å². The van der Waals surface area contributed by atoms with Crippen LogP contribution in [0.5, 0.6) is 17.2 Å². The van der Waals surface area contributed by atoms with E-state index < -0.39 is 5.97 Å². The average molecular weight is 342 g/mol. The molecule has 0 unspecified atom stereocenters. The van der Waals surface area contributed by atoms with Gasteiger partial charge in [-0.05, 0) is 18.6 Å². The van der Waals surface area contributed by atoms with Crippen LogP contribution >= 0.6 is 0 Å². The van der Waals surface area contributed by atoms with Crippen molar-refractivity contribution in [2.45, 2.75) is 13.5 Å². The molecule has 0 amide bonds. The van der Waals surface area contributed by atoms with E-state index in [1.54, 1.807) is 39.4 Å². The summed E-state index contributed by atoms with van der Waals surface area (Å²) in [7, 11) is 3.11. The van der Waals surface area contributed by atoms with Crippen molar-refractivity contribution in [1.82, 2.24) is 0 Å². The summed E-state index contributed by atoms with van der Waals surface area (Å²) in [5.74, 6) is 1.28. The van der Waals surface area contributed by atoms with Gasteiger partial charge in [0.2, 0.25) is 0 Å². The average Bonchev–Trinajstić information content (AvgIpc) is 2.65. The lowest BCUT2D eigenvalue weighted by Crippen LogP contribution is -2.00. The van der Waals surface area contributed by atoms with Crippen LogP contribution in [-0.4, -0.2) is 26.8 Å². The predicted molar refractivity (Wildman–Crippen MR) is 96.0 cm³/mol. The molecule has 0 fully saturated rings. The van der Waals surface area contributed by atoms with Crippen molar-refractivity contribution in [1.29, 1.82) is 0 Å². The number of carbonyl (C=O) groups excluding carboxylic acids is 1. The topological polar surface area (TPSA) is 54.0 Å². The summed E-state index contributed by atoms with van der Waals surface area (Å²) in [5, 5.41) is 0. The highest BCUT2D eigenvalue weighted by Gasteiger charge is 2.12. The lowest BCUT2D eigenvalue weighted by Gasteiger charge is -2.14. The Labute approximate surface area is 147 Å². The van der Waals surface area contributed by atoms with Crippen LogP contribution in [0.1, 0.15) is 18.1 Å². The standard InChI is InChI=1S/C20H22O5/c1-4-24-20(21)11-10-17-18(22-2)12-16(13-19(17)23-3)25-14-15-8-6-5-7-9-15/h5-13H,4,14H2,1-3H3. The molecule has 0 aromatic heterocycles. The van der Waals surface area contributed by atoms with Crippen LogP contribution < -0.4 is 14.2 Å². The van der Waals surface area contributed by atoms with Crippen LogP contribution in [0.3, 0.4) is 0 Å². The lowest BCUT2D eigenvalue weighted by molar-refractivity contribution is -0.137. The maximum Gasteiger partial charge on any atom is 0.330 e. The van der Waals surface area contributed by atoms with Gasteiger partial charge in [0.25, 0.3) is 0 Å². The molecular weight excluding hydrogens is 320 g/mol. The lowest BCUT2D eigenvalue weighted by atomic mass is 10.1. The van der Waals surface area contributed by atoms with Crippen molar-refractivity contribution in [3.8, 4) is 17.2 Å². The zero-order chi connectivity index (χ0) is 18.1. The minimum absolute atomic E-state index is 0.323. The first-order valence-electron chi connectivity index (χ1n) is 7.95. The van der Waals surface area contributed by atoms with E-state index in [2.05, 4.69) is 0 Å². The summed E-state index contributed by atoms with van der Waals surface area (Å²) in [4.78, 5) is 11.5. The summed E-state index contributed by atoms with van der Waals surface area (Å²) in [6.07, 6.45) is 2.95. The van der Waals surface area contributed by atoms with Gasteiger partial charge < -0.3 is 18.9 Å². The molecule has 5 heteroatoms. The van der Waals surface area contributed by atoms with E-state index in [1.807, 2.05) is 30.3 Å². The van der Waals surface area contributed by atoms with E-state index >= 15 is 0 Å². The van der Waals surface area contributed by atoms with Crippen LogP contribution in [0.4, 0.5) is 0 Å². The molecule has 0 aliphatic carbocycles. The molecule has 5 nitrogen and oxygen atoms in total. The Morgan fingerprint density at radius 1 is 1.04 bits per heavy atom. The van der Waals surface area contributed by atoms with Crippen molar-refractivity contribution in [3.05, 3.63) is 59.7 Å². The first-order chi connectivity index (χ1) is 12.2. The Kier molecular flexibility index (Phi) is 6.89. The normalized spacial score (nSPS) is 10.5. The van der Waals surface area contributed by atoms with Crippen LogP contribution in [-0.2, 0) is 16.1 Å². The van der Waals surface area contributed by atoms with E-state index in [0.717, 1.165) is 5.56 Å². The number of carbonyl (C=O) groups is 1. The molecule has 2 aromatic rings. The third-order valence-electron chi connectivity index (χ3n) is 3.44. The molecule has 0 bridgehead atoms. The van der Waals surface area contributed by atoms with E-state index in [9.17, 15) is 4.79 Å². The minimum Gasteiger partial charge on any atom is -0.496 e. The molecule has 0 spiro atoms. The fourth-order valence-electron chi connectivity index (χ4n) is 2.25. The van der Waals surface area contributed by atoms with Gasteiger partial charge in [-0.2, -0.15) is 0 Å². The first-order valence-corrected chi connectivity index (χ1v) is 7.95. The smallest absolute Gasteiger partial charge is 0.330 e. The van der Waals surface area contributed by atoms with Gasteiger partial charge in [0.15, 0.2) is 0 Å². The molecule has 2 aromatic carbocycles. The monoisotopic (exact) mass is 342 g/mol. The third-order valence-corrected chi connectivity index (χ3v) is 3.44. The van der Waals surface area contributed by atoms with Gasteiger partial charge in [-0.3, -0.25) is 0 Å². The second-order valence-electron chi connectivity index (χ2n) is 5.10. The van der Waals surface area contributed by atoms with Gasteiger partial charge in [0.1, 0.15) is 23.9 Å². The van der Waals surface area contributed by atoms with E-state index in [1.165, 1.54) is 6.08 Å². The Hall–Kier alpha value is -2.95. The fraction of sp³-hybridized carbons (Fsp3) is 0.250. The molecule has 0 saturated carbocycles. The number of ether oxygens (including phenoxy) is 4. The molecule has 0 saturated heterocycles. The van der Waals surface area contributed by atoms with E-state index in [4.69, 9.17) is 18.9 Å². The molecule has 0 aliphatic heterocycles. The maximum absolute atomic E-state index is 11.5. The quantitative estimate of drug-likeness (QED) is 0.539. The second-order valence-corrected chi connectivity index (χ2v) is 5.10. The molecule has 25 heavy (non-hydrogen) atoms. The predicted octanol–water partition coefficient (Wildman–Crippen LogP) is 3.86. The molecule has 0 atom stereocenters. The van der Waals surface area contributed by atoms with E-state index in [0.29, 0.717) is 36.0 Å². The zero-order valence-corrected chi connectivity index (χ0v) is 14.7. The highest BCUT2D eigenvalue weighted by atomic mass is 16.5. The number of esters is 1.